The third-order valence-corrected chi connectivity index (χ3v) is 2.98. The number of thioether (sulfide) groups is 1. The molecule has 0 spiro atoms. The average molecular weight is 248 g/mol. The van der Waals surface area contributed by atoms with Crippen LogP contribution in [0.15, 0.2) is 0 Å². The lowest BCUT2D eigenvalue weighted by Gasteiger charge is -2.22. The molecular formula is C11H20O4S. The Morgan fingerprint density at radius 2 is 2.25 bits per heavy atom. The molecule has 0 aromatic heterocycles. The highest BCUT2D eigenvalue weighted by atomic mass is 32.2. The zero-order chi connectivity index (χ0) is 11.6. The molecule has 1 unspecified atom stereocenters. The first-order valence-electron chi connectivity index (χ1n) is 5.73. The van der Waals surface area contributed by atoms with Gasteiger partial charge < -0.3 is 14.2 Å². The number of carbonyl (C=O) groups is 1. The van der Waals surface area contributed by atoms with Crippen LogP contribution >= 0.6 is 11.8 Å². The lowest BCUT2D eigenvalue weighted by Crippen LogP contribution is -2.24. The molecule has 0 amide bonds. The number of carbonyl (C=O) groups excluding carboxylic acids is 1. The Balaban J connectivity index is 1.82. The van der Waals surface area contributed by atoms with Gasteiger partial charge in [0.1, 0.15) is 0 Å². The van der Waals surface area contributed by atoms with Crippen LogP contribution in [0.25, 0.3) is 0 Å². The van der Waals surface area contributed by atoms with Crippen molar-refractivity contribution in [1.82, 2.24) is 0 Å². The fraction of sp³-hybridized carbons (Fsp3) is 0.909. The molecule has 4 nitrogen and oxygen atoms in total. The summed E-state index contributed by atoms with van der Waals surface area (Å²) >= 11 is 1.29. The van der Waals surface area contributed by atoms with Gasteiger partial charge in [-0.15, -0.1) is 0 Å². The van der Waals surface area contributed by atoms with Crippen molar-refractivity contribution in [2.45, 2.75) is 32.5 Å². The summed E-state index contributed by atoms with van der Waals surface area (Å²) in [7, 11) is 0. The molecule has 1 aliphatic rings. The molecule has 1 aliphatic heterocycles. The van der Waals surface area contributed by atoms with Gasteiger partial charge in [-0.3, -0.25) is 4.79 Å². The van der Waals surface area contributed by atoms with E-state index in [-0.39, 0.29) is 11.4 Å². The summed E-state index contributed by atoms with van der Waals surface area (Å²) in [5.41, 5.74) is 0. The van der Waals surface area contributed by atoms with E-state index in [0.717, 1.165) is 25.2 Å². The largest absolute Gasteiger partial charge is 0.378 e. The number of ether oxygens (including phenoxy) is 3. The number of hydrogen-bond acceptors (Lipinski definition) is 5. The standard InChI is InChI=1S/C11H20O4S/c1-10(12)16-9-8-13-6-7-15-11-4-2-3-5-14-11/h11H,2-9H2,1H3. The topological polar surface area (TPSA) is 44.8 Å². The maximum absolute atomic E-state index is 10.6. The Hall–Kier alpha value is -0.100. The van der Waals surface area contributed by atoms with Crippen molar-refractivity contribution < 1.29 is 19.0 Å². The Kier molecular flexibility index (Phi) is 7.84. The van der Waals surface area contributed by atoms with Crippen LogP contribution in [0.2, 0.25) is 0 Å². The minimum atomic E-state index is -0.0380. The summed E-state index contributed by atoms with van der Waals surface area (Å²) in [4.78, 5) is 10.6. The molecule has 0 radical (unpaired) electrons. The van der Waals surface area contributed by atoms with Crippen LogP contribution in [-0.2, 0) is 19.0 Å². The van der Waals surface area contributed by atoms with Gasteiger partial charge in [-0.1, -0.05) is 11.8 Å². The van der Waals surface area contributed by atoms with E-state index in [1.807, 2.05) is 0 Å². The molecule has 0 N–H and O–H groups in total. The van der Waals surface area contributed by atoms with E-state index in [1.54, 1.807) is 6.92 Å². The van der Waals surface area contributed by atoms with E-state index in [4.69, 9.17) is 14.2 Å². The first kappa shape index (κ1) is 14.0. The minimum absolute atomic E-state index is 0.0380. The highest BCUT2D eigenvalue weighted by molar-refractivity contribution is 8.13. The molecule has 1 fully saturated rings. The summed E-state index contributed by atoms with van der Waals surface area (Å²) in [5, 5.41) is 0.135. The Labute approximate surface area is 101 Å². The summed E-state index contributed by atoms with van der Waals surface area (Å²) < 4.78 is 16.2. The predicted octanol–water partition coefficient (Wildman–Crippen LogP) is 1.83. The second kappa shape index (κ2) is 8.98. The second-order valence-corrected chi connectivity index (χ2v) is 4.89. The maximum Gasteiger partial charge on any atom is 0.185 e. The highest BCUT2D eigenvalue weighted by Gasteiger charge is 2.13. The SMILES string of the molecule is CC(=O)SCCOCCOC1CCCCO1. The quantitative estimate of drug-likeness (QED) is 0.643. The predicted molar refractivity (Wildman–Crippen MR) is 63.5 cm³/mol. The van der Waals surface area contributed by atoms with Crippen molar-refractivity contribution in [3.8, 4) is 0 Å². The summed E-state index contributed by atoms with van der Waals surface area (Å²) in [6.07, 6.45) is 3.27. The molecule has 1 rings (SSSR count). The molecule has 1 saturated heterocycles. The summed E-state index contributed by atoms with van der Waals surface area (Å²) in [5.74, 6) is 0.718. The summed E-state index contributed by atoms with van der Waals surface area (Å²) in [6.45, 7) is 4.10. The second-order valence-electron chi connectivity index (χ2n) is 3.62. The van der Waals surface area contributed by atoms with Crippen LogP contribution in [0.5, 0.6) is 0 Å². The van der Waals surface area contributed by atoms with E-state index >= 15 is 0 Å². The highest BCUT2D eigenvalue weighted by Crippen LogP contribution is 2.13. The van der Waals surface area contributed by atoms with E-state index < -0.39 is 0 Å². The molecular weight excluding hydrogens is 228 g/mol. The average Bonchev–Trinajstić information content (AvgIpc) is 2.29. The van der Waals surface area contributed by atoms with Gasteiger partial charge in [-0.05, 0) is 19.3 Å². The third kappa shape index (κ3) is 7.22. The van der Waals surface area contributed by atoms with E-state index in [9.17, 15) is 4.79 Å². The fourth-order valence-corrected chi connectivity index (χ4v) is 1.92. The third-order valence-electron chi connectivity index (χ3n) is 2.20. The molecule has 0 aromatic rings. The molecule has 1 heterocycles. The lowest BCUT2D eigenvalue weighted by atomic mass is 10.2. The van der Waals surface area contributed by atoms with Gasteiger partial charge in [0.2, 0.25) is 0 Å². The molecule has 94 valence electrons. The molecule has 0 saturated carbocycles. The van der Waals surface area contributed by atoms with Gasteiger partial charge in [0.15, 0.2) is 11.4 Å². The van der Waals surface area contributed by atoms with E-state index in [1.165, 1.54) is 18.2 Å². The lowest BCUT2D eigenvalue weighted by molar-refractivity contribution is -0.168. The van der Waals surface area contributed by atoms with Crippen LogP contribution < -0.4 is 0 Å². The Bertz CT molecular complexity index is 192. The van der Waals surface area contributed by atoms with Gasteiger partial charge >= 0.3 is 0 Å². The normalized spacial score (nSPS) is 20.9. The molecule has 5 heteroatoms. The summed E-state index contributed by atoms with van der Waals surface area (Å²) in [6, 6.07) is 0. The molecule has 16 heavy (non-hydrogen) atoms. The first-order valence-corrected chi connectivity index (χ1v) is 6.72. The van der Waals surface area contributed by atoms with Crippen LogP contribution in [-0.4, -0.2) is 43.6 Å². The molecule has 0 bridgehead atoms. The van der Waals surface area contributed by atoms with Gasteiger partial charge in [0.25, 0.3) is 0 Å². The monoisotopic (exact) mass is 248 g/mol. The van der Waals surface area contributed by atoms with E-state index in [0.29, 0.717) is 19.8 Å². The van der Waals surface area contributed by atoms with Crippen LogP contribution in [0, 0.1) is 0 Å². The van der Waals surface area contributed by atoms with Crippen molar-refractivity contribution in [2.24, 2.45) is 0 Å². The van der Waals surface area contributed by atoms with Gasteiger partial charge in [-0.2, -0.15) is 0 Å². The van der Waals surface area contributed by atoms with E-state index in [2.05, 4.69) is 0 Å². The molecule has 0 aliphatic carbocycles. The zero-order valence-corrected chi connectivity index (χ0v) is 10.6. The van der Waals surface area contributed by atoms with Gasteiger partial charge in [-0.25, -0.2) is 0 Å². The van der Waals surface area contributed by atoms with Crippen LogP contribution in [0.1, 0.15) is 26.2 Å². The van der Waals surface area contributed by atoms with Crippen LogP contribution in [0.4, 0.5) is 0 Å². The Morgan fingerprint density at radius 3 is 2.94 bits per heavy atom. The van der Waals surface area contributed by atoms with Crippen LogP contribution in [0.3, 0.4) is 0 Å². The van der Waals surface area contributed by atoms with Crippen molar-refractivity contribution >= 4 is 16.9 Å². The van der Waals surface area contributed by atoms with Crippen molar-refractivity contribution in [3.05, 3.63) is 0 Å². The number of rotatable bonds is 7. The number of hydrogen-bond donors (Lipinski definition) is 0. The van der Waals surface area contributed by atoms with Crippen molar-refractivity contribution in [3.63, 3.8) is 0 Å². The molecule has 1 atom stereocenters. The zero-order valence-electron chi connectivity index (χ0n) is 9.78. The first-order chi connectivity index (χ1) is 7.79. The van der Waals surface area contributed by atoms with Crippen molar-refractivity contribution in [1.29, 1.82) is 0 Å². The van der Waals surface area contributed by atoms with Gasteiger partial charge in [0, 0.05) is 19.3 Å². The van der Waals surface area contributed by atoms with Gasteiger partial charge in [0.05, 0.1) is 19.8 Å². The minimum Gasteiger partial charge on any atom is -0.378 e. The maximum atomic E-state index is 10.6. The Morgan fingerprint density at radius 1 is 1.38 bits per heavy atom. The van der Waals surface area contributed by atoms with Crippen molar-refractivity contribution in [2.75, 3.05) is 32.2 Å². The molecule has 0 aromatic carbocycles. The smallest absolute Gasteiger partial charge is 0.185 e. The fourth-order valence-electron chi connectivity index (χ4n) is 1.43.